The third kappa shape index (κ3) is 3.01. The maximum Gasteiger partial charge on any atom is 0.0143 e. The van der Waals surface area contributed by atoms with Gasteiger partial charge in [0.25, 0.3) is 0 Å². The highest BCUT2D eigenvalue weighted by molar-refractivity contribution is 5.27. The molecule has 0 aromatic heterocycles. The Morgan fingerprint density at radius 3 is 2.53 bits per heavy atom. The van der Waals surface area contributed by atoms with Crippen LogP contribution in [0.2, 0.25) is 0 Å². The third-order valence-corrected chi connectivity index (χ3v) is 5.10. The topological polar surface area (TPSA) is 38.0 Å². The predicted molar refractivity (Wildman–Crippen MR) is 80.2 cm³/mol. The van der Waals surface area contributed by atoms with Crippen molar-refractivity contribution in [3.05, 3.63) is 35.9 Å². The van der Waals surface area contributed by atoms with Crippen molar-refractivity contribution >= 4 is 0 Å². The average Bonchev–Trinajstić information content (AvgIpc) is 3.27. The smallest absolute Gasteiger partial charge is 0.0143 e. The van der Waals surface area contributed by atoms with Crippen molar-refractivity contribution in [3.63, 3.8) is 0 Å². The Balaban J connectivity index is 1.51. The van der Waals surface area contributed by atoms with Gasteiger partial charge in [-0.2, -0.15) is 0 Å². The van der Waals surface area contributed by atoms with Crippen LogP contribution in [0.3, 0.4) is 0 Å². The second kappa shape index (κ2) is 5.64. The van der Waals surface area contributed by atoms with E-state index in [0.29, 0.717) is 11.5 Å². The predicted octanol–water partition coefficient (Wildman–Crippen LogP) is 3.04. The van der Waals surface area contributed by atoms with Crippen molar-refractivity contribution in [2.45, 2.75) is 50.5 Å². The van der Waals surface area contributed by atoms with Crippen molar-refractivity contribution in [1.29, 1.82) is 0 Å². The molecule has 0 spiro atoms. The standard InChI is InChI=1S/C17H26N2/c18-12-17(9-5-2-6-10-17)13-19-16-11-15(16)14-7-3-1-4-8-14/h1,3-4,7-8,15-16,19H,2,5-6,9-13,18H2/t15-,16+/m1/s1. The fourth-order valence-electron chi connectivity index (χ4n) is 3.59. The summed E-state index contributed by atoms with van der Waals surface area (Å²) in [7, 11) is 0. The molecule has 19 heavy (non-hydrogen) atoms. The van der Waals surface area contributed by atoms with Gasteiger partial charge in [0.2, 0.25) is 0 Å². The summed E-state index contributed by atoms with van der Waals surface area (Å²) in [5.41, 5.74) is 7.93. The molecule has 0 bridgehead atoms. The van der Waals surface area contributed by atoms with Crippen LogP contribution in [-0.4, -0.2) is 19.1 Å². The fourth-order valence-corrected chi connectivity index (χ4v) is 3.59. The van der Waals surface area contributed by atoms with E-state index in [1.165, 1.54) is 44.1 Å². The van der Waals surface area contributed by atoms with Gasteiger partial charge in [0.05, 0.1) is 0 Å². The summed E-state index contributed by atoms with van der Waals surface area (Å²) in [4.78, 5) is 0. The minimum atomic E-state index is 0.391. The Kier molecular flexibility index (Phi) is 3.90. The van der Waals surface area contributed by atoms with Gasteiger partial charge in [-0.3, -0.25) is 0 Å². The lowest BCUT2D eigenvalue weighted by atomic mass is 9.74. The number of rotatable bonds is 5. The first-order valence-electron chi connectivity index (χ1n) is 7.81. The van der Waals surface area contributed by atoms with Crippen molar-refractivity contribution in [1.82, 2.24) is 5.32 Å². The first-order valence-corrected chi connectivity index (χ1v) is 7.81. The SMILES string of the molecule is NCC1(CN[C@H]2C[C@@H]2c2ccccc2)CCCCC1. The molecule has 2 nitrogen and oxygen atoms in total. The molecule has 2 heteroatoms. The Hall–Kier alpha value is -0.860. The van der Waals surface area contributed by atoms with Crippen LogP contribution >= 0.6 is 0 Å². The molecular weight excluding hydrogens is 232 g/mol. The van der Waals surface area contributed by atoms with Gasteiger partial charge in [0, 0.05) is 18.5 Å². The van der Waals surface area contributed by atoms with Crippen LogP contribution in [0, 0.1) is 5.41 Å². The van der Waals surface area contributed by atoms with Gasteiger partial charge in [-0.25, -0.2) is 0 Å². The van der Waals surface area contributed by atoms with Crippen LogP contribution in [0.1, 0.15) is 50.0 Å². The maximum absolute atomic E-state index is 6.05. The second-order valence-electron chi connectivity index (χ2n) is 6.51. The molecule has 2 fully saturated rings. The first kappa shape index (κ1) is 13.1. The van der Waals surface area contributed by atoms with Gasteiger partial charge in [0.1, 0.15) is 0 Å². The molecule has 0 heterocycles. The van der Waals surface area contributed by atoms with Gasteiger partial charge >= 0.3 is 0 Å². The molecule has 104 valence electrons. The molecule has 0 aliphatic heterocycles. The largest absolute Gasteiger partial charge is 0.330 e. The molecule has 0 saturated heterocycles. The molecule has 0 amide bonds. The number of nitrogens with two attached hydrogens (primary N) is 1. The van der Waals surface area contributed by atoms with Gasteiger partial charge in [-0.1, -0.05) is 49.6 Å². The van der Waals surface area contributed by atoms with Gasteiger partial charge in [-0.05, 0) is 36.8 Å². The average molecular weight is 258 g/mol. The summed E-state index contributed by atoms with van der Waals surface area (Å²) in [6.07, 6.45) is 8.07. The minimum Gasteiger partial charge on any atom is -0.330 e. The zero-order valence-electron chi connectivity index (χ0n) is 11.8. The minimum absolute atomic E-state index is 0.391. The molecular formula is C17H26N2. The van der Waals surface area contributed by atoms with E-state index in [2.05, 4.69) is 35.6 Å². The van der Waals surface area contributed by atoms with Gasteiger partial charge < -0.3 is 11.1 Å². The molecule has 3 N–H and O–H groups in total. The highest BCUT2D eigenvalue weighted by atomic mass is 15.0. The summed E-state index contributed by atoms with van der Waals surface area (Å²) in [5.74, 6) is 0.736. The van der Waals surface area contributed by atoms with Crippen LogP contribution in [0.25, 0.3) is 0 Å². The summed E-state index contributed by atoms with van der Waals surface area (Å²) >= 11 is 0. The van der Waals surface area contributed by atoms with E-state index >= 15 is 0 Å². The zero-order chi connectivity index (χ0) is 13.1. The highest BCUT2D eigenvalue weighted by Crippen LogP contribution is 2.42. The number of benzene rings is 1. The lowest BCUT2D eigenvalue weighted by Crippen LogP contribution is -2.42. The van der Waals surface area contributed by atoms with Crippen molar-refractivity contribution in [3.8, 4) is 0 Å². The summed E-state index contributed by atoms with van der Waals surface area (Å²) in [5, 5.41) is 3.79. The normalized spacial score (nSPS) is 29.1. The monoisotopic (exact) mass is 258 g/mol. The van der Waals surface area contributed by atoms with Crippen LogP contribution in [-0.2, 0) is 0 Å². The summed E-state index contributed by atoms with van der Waals surface area (Å²) in [6.45, 7) is 1.97. The Morgan fingerprint density at radius 2 is 1.84 bits per heavy atom. The summed E-state index contributed by atoms with van der Waals surface area (Å²) in [6, 6.07) is 11.6. The lowest BCUT2D eigenvalue weighted by molar-refractivity contribution is 0.190. The van der Waals surface area contributed by atoms with Gasteiger partial charge in [-0.15, -0.1) is 0 Å². The Bertz CT molecular complexity index is 395. The lowest BCUT2D eigenvalue weighted by Gasteiger charge is -2.36. The second-order valence-corrected chi connectivity index (χ2v) is 6.51. The molecule has 1 aromatic rings. The molecule has 2 aliphatic rings. The van der Waals surface area contributed by atoms with E-state index in [1.54, 1.807) is 0 Å². The van der Waals surface area contributed by atoms with E-state index in [1.807, 2.05) is 0 Å². The molecule has 3 rings (SSSR count). The zero-order valence-corrected chi connectivity index (χ0v) is 11.8. The maximum atomic E-state index is 6.05. The molecule has 0 radical (unpaired) electrons. The van der Waals surface area contributed by atoms with Crippen LogP contribution in [0.4, 0.5) is 0 Å². The van der Waals surface area contributed by atoms with E-state index < -0.39 is 0 Å². The van der Waals surface area contributed by atoms with E-state index in [4.69, 9.17) is 5.73 Å². The molecule has 2 saturated carbocycles. The molecule has 2 aliphatic carbocycles. The quantitative estimate of drug-likeness (QED) is 0.852. The van der Waals surface area contributed by atoms with E-state index in [-0.39, 0.29) is 0 Å². The van der Waals surface area contributed by atoms with Crippen molar-refractivity contribution < 1.29 is 0 Å². The fraction of sp³-hybridized carbons (Fsp3) is 0.647. The van der Waals surface area contributed by atoms with Crippen LogP contribution in [0.5, 0.6) is 0 Å². The number of hydrogen-bond donors (Lipinski definition) is 2. The van der Waals surface area contributed by atoms with Crippen LogP contribution in [0.15, 0.2) is 30.3 Å². The van der Waals surface area contributed by atoms with E-state index in [9.17, 15) is 0 Å². The highest BCUT2D eigenvalue weighted by Gasteiger charge is 2.40. The molecule has 0 unspecified atom stereocenters. The van der Waals surface area contributed by atoms with E-state index in [0.717, 1.165) is 19.0 Å². The van der Waals surface area contributed by atoms with Crippen LogP contribution < -0.4 is 11.1 Å². The van der Waals surface area contributed by atoms with Crippen molar-refractivity contribution in [2.75, 3.05) is 13.1 Å². The van der Waals surface area contributed by atoms with Crippen molar-refractivity contribution in [2.24, 2.45) is 11.1 Å². The Labute approximate surface area is 116 Å². The molecule has 1 aromatic carbocycles. The number of hydrogen-bond acceptors (Lipinski definition) is 2. The first-order chi connectivity index (χ1) is 9.33. The number of nitrogens with one attached hydrogen (secondary N) is 1. The third-order valence-electron chi connectivity index (χ3n) is 5.10. The van der Waals surface area contributed by atoms with Gasteiger partial charge in [0.15, 0.2) is 0 Å². The summed E-state index contributed by atoms with van der Waals surface area (Å²) < 4.78 is 0. The molecule has 2 atom stereocenters. The Morgan fingerprint density at radius 1 is 1.11 bits per heavy atom.